The first kappa shape index (κ1) is 34.2. The maximum Gasteiger partial charge on any atom is 0.416 e. The van der Waals surface area contributed by atoms with Crippen molar-refractivity contribution in [2.75, 3.05) is 49.6 Å². The summed E-state index contributed by atoms with van der Waals surface area (Å²) in [6.45, 7) is 3.64. The molecule has 0 saturated carbocycles. The number of hydrogen-bond donors (Lipinski definition) is 1. The van der Waals surface area contributed by atoms with Gasteiger partial charge in [-0.25, -0.2) is 4.98 Å². The molecule has 3 aromatic heterocycles. The summed E-state index contributed by atoms with van der Waals surface area (Å²) in [7, 11) is 1.86. The molecule has 0 atom stereocenters. The number of piperazine rings is 1. The van der Waals surface area contributed by atoms with Crippen molar-refractivity contribution >= 4 is 57.2 Å². The lowest BCUT2D eigenvalue weighted by atomic mass is 10.1. The van der Waals surface area contributed by atoms with E-state index < -0.39 is 23.2 Å². The highest BCUT2D eigenvalue weighted by Gasteiger charge is 2.32. The zero-order valence-electron chi connectivity index (χ0n) is 27.7. The van der Waals surface area contributed by atoms with Crippen LogP contribution in [0, 0.1) is 0 Å². The van der Waals surface area contributed by atoms with Gasteiger partial charge in [0.15, 0.2) is 5.82 Å². The first-order valence-corrected chi connectivity index (χ1v) is 16.7. The monoisotopic (exact) mass is 723 g/mol. The molecule has 2 aliphatic heterocycles. The molecule has 5 heterocycles. The highest BCUT2D eigenvalue weighted by Crippen LogP contribution is 2.34. The van der Waals surface area contributed by atoms with Crippen molar-refractivity contribution in [2.24, 2.45) is 7.05 Å². The van der Waals surface area contributed by atoms with Crippen molar-refractivity contribution in [2.45, 2.75) is 32.5 Å². The molecule has 2 aromatic carbocycles. The topological polar surface area (TPSA) is 132 Å². The molecular weight excluding hydrogens is 691 g/mol. The molecule has 1 saturated heterocycles. The zero-order valence-corrected chi connectivity index (χ0v) is 28.5. The molecule has 13 nitrogen and oxygen atoms in total. The number of nitrogens with zero attached hydrogens (tertiary/aromatic N) is 8. The van der Waals surface area contributed by atoms with Gasteiger partial charge in [0.2, 0.25) is 11.7 Å². The number of alkyl halides is 3. The van der Waals surface area contributed by atoms with Crippen LogP contribution in [0.4, 0.5) is 24.5 Å². The Morgan fingerprint density at radius 2 is 1.88 bits per heavy atom. The van der Waals surface area contributed by atoms with Crippen molar-refractivity contribution in [1.29, 1.82) is 0 Å². The summed E-state index contributed by atoms with van der Waals surface area (Å²) in [4.78, 5) is 54.1. The van der Waals surface area contributed by atoms with Crippen LogP contribution in [0.25, 0.3) is 22.4 Å². The maximum atomic E-state index is 14.2. The third-order valence-corrected chi connectivity index (χ3v) is 9.46. The number of anilines is 2. The predicted molar refractivity (Wildman–Crippen MR) is 184 cm³/mol. The Bertz CT molecular complexity index is 2270. The Morgan fingerprint density at radius 3 is 2.57 bits per heavy atom. The minimum Gasteiger partial charge on any atom is -0.377 e. The fraction of sp³-hybridized carbons (Fsp3) is 0.353. The Hall–Kier alpha value is -5.22. The number of imidazole rings is 1. The molecule has 0 radical (unpaired) electrons. The molecule has 0 aliphatic carbocycles. The number of carbonyl (C=O) groups excluding carboxylic acids is 2. The van der Waals surface area contributed by atoms with Gasteiger partial charge in [-0.05, 0) is 48.7 Å². The number of carbonyl (C=O) groups is 2. The van der Waals surface area contributed by atoms with E-state index >= 15 is 0 Å². The van der Waals surface area contributed by atoms with Crippen LogP contribution in [0.1, 0.15) is 40.8 Å². The van der Waals surface area contributed by atoms with Gasteiger partial charge in [0.25, 0.3) is 11.5 Å². The normalized spacial score (nSPS) is 15.5. The lowest BCUT2D eigenvalue weighted by Gasteiger charge is -2.37. The summed E-state index contributed by atoms with van der Waals surface area (Å²) in [6, 6.07) is 8.16. The number of nitrogens with one attached hydrogen (secondary N) is 1. The van der Waals surface area contributed by atoms with E-state index in [-0.39, 0.29) is 28.9 Å². The number of ether oxygens (including phenoxy) is 1. The number of amides is 2. The van der Waals surface area contributed by atoms with Gasteiger partial charge in [-0.3, -0.25) is 14.4 Å². The Kier molecular flexibility index (Phi) is 9.05. The lowest BCUT2D eigenvalue weighted by molar-refractivity contribution is -0.137. The molecule has 0 unspecified atom stereocenters. The van der Waals surface area contributed by atoms with Crippen LogP contribution in [-0.4, -0.2) is 84.8 Å². The van der Waals surface area contributed by atoms with Gasteiger partial charge in [-0.2, -0.15) is 22.7 Å². The number of aromatic nitrogens is 6. The van der Waals surface area contributed by atoms with Crippen LogP contribution in [0.2, 0.25) is 5.02 Å². The molecule has 1 N–H and O–H groups in total. The summed E-state index contributed by atoms with van der Waals surface area (Å²) in [5, 5.41) is 6.89. The minimum atomic E-state index is -4.60. The molecule has 2 aliphatic rings. The van der Waals surface area contributed by atoms with Gasteiger partial charge < -0.3 is 29.0 Å². The molecule has 2 amide bonds. The SMILES string of the molecule is CCc1c(N2CCN(C(=O)c3cccc4c3ncn4C)CC2)c(=O)n2nc(C3=CCOCC3)nc2n1CC(=O)Nc1ccc(C(F)(F)F)cc1Cl. The van der Waals surface area contributed by atoms with Gasteiger partial charge in [0.05, 0.1) is 52.6 Å². The average Bonchev–Trinajstić information content (AvgIpc) is 3.74. The van der Waals surface area contributed by atoms with Gasteiger partial charge >= 0.3 is 6.18 Å². The molecule has 266 valence electrons. The van der Waals surface area contributed by atoms with E-state index in [0.29, 0.717) is 80.5 Å². The Labute approximate surface area is 293 Å². The van der Waals surface area contributed by atoms with Crippen molar-refractivity contribution in [3.8, 4) is 0 Å². The summed E-state index contributed by atoms with van der Waals surface area (Å²) >= 11 is 6.13. The third-order valence-electron chi connectivity index (χ3n) is 9.15. The van der Waals surface area contributed by atoms with Crippen molar-refractivity contribution in [3.05, 3.63) is 86.8 Å². The second-order valence-corrected chi connectivity index (χ2v) is 12.7. The molecule has 7 rings (SSSR count). The van der Waals surface area contributed by atoms with Crippen molar-refractivity contribution < 1.29 is 27.5 Å². The number of benzene rings is 2. The molecule has 0 spiro atoms. The van der Waals surface area contributed by atoms with Crippen molar-refractivity contribution in [3.63, 3.8) is 0 Å². The van der Waals surface area contributed by atoms with E-state index in [1.807, 2.05) is 41.6 Å². The third kappa shape index (κ3) is 6.44. The predicted octanol–water partition coefficient (Wildman–Crippen LogP) is 4.42. The molecule has 17 heteroatoms. The standard InChI is InChI=1S/C34H33ClF3N9O4/c1-3-25-29(44-11-13-45(14-12-44)31(49)22-5-4-6-26-28(22)39-19-43(26)2)32(50)47-33(41-30(42-47)20-9-15-51-16-10-20)46(25)18-27(48)40-24-8-7-21(17-23(24)35)34(36,37)38/h4-9,17,19H,3,10-16,18H2,1-2H3,(H,40,48). The van der Waals surface area contributed by atoms with E-state index in [0.717, 1.165) is 29.3 Å². The fourth-order valence-electron chi connectivity index (χ4n) is 6.56. The second kappa shape index (κ2) is 13.5. The smallest absolute Gasteiger partial charge is 0.377 e. The summed E-state index contributed by atoms with van der Waals surface area (Å²) < 4.78 is 49.7. The largest absolute Gasteiger partial charge is 0.416 e. The first-order valence-electron chi connectivity index (χ1n) is 16.3. The number of fused-ring (bicyclic) bond motifs is 2. The zero-order chi connectivity index (χ0) is 36.0. The van der Waals surface area contributed by atoms with E-state index in [1.54, 1.807) is 21.9 Å². The molecule has 5 aromatic rings. The van der Waals surface area contributed by atoms with E-state index in [2.05, 4.69) is 20.4 Å². The molecular formula is C34H33ClF3N9O4. The second-order valence-electron chi connectivity index (χ2n) is 12.3. The van der Waals surface area contributed by atoms with E-state index in [4.69, 9.17) is 16.3 Å². The highest BCUT2D eigenvalue weighted by atomic mass is 35.5. The van der Waals surface area contributed by atoms with Gasteiger partial charge in [0.1, 0.15) is 17.7 Å². The molecule has 51 heavy (non-hydrogen) atoms. The van der Waals surface area contributed by atoms with Gasteiger partial charge in [-0.1, -0.05) is 30.7 Å². The number of hydrogen-bond acceptors (Lipinski definition) is 8. The quantitative estimate of drug-likeness (QED) is 0.261. The summed E-state index contributed by atoms with van der Waals surface area (Å²) in [6.07, 6.45) is -0.227. The van der Waals surface area contributed by atoms with Crippen LogP contribution in [-0.2, 0) is 35.7 Å². The number of aryl methyl sites for hydroxylation is 1. The average molecular weight is 724 g/mol. The lowest BCUT2D eigenvalue weighted by Crippen LogP contribution is -2.51. The Balaban J connectivity index is 1.22. The van der Waals surface area contributed by atoms with Crippen LogP contribution in [0.5, 0.6) is 0 Å². The summed E-state index contributed by atoms with van der Waals surface area (Å²) in [5.74, 6) is -0.300. The number of halogens is 4. The van der Waals surface area contributed by atoms with Crippen LogP contribution in [0.3, 0.4) is 0 Å². The van der Waals surface area contributed by atoms with E-state index in [1.165, 1.54) is 4.52 Å². The summed E-state index contributed by atoms with van der Waals surface area (Å²) in [5.41, 5.74) is 2.22. The van der Waals surface area contributed by atoms with Crippen LogP contribution in [0.15, 0.2) is 53.6 Å². The number of para-hydroxylation sites is 1. The van der Waals surface area contributed by atoms with Gasteiger partial charge in [-0.15, -0.1) is 5.10 Å². The van der Waals surface area contributed by atoms with E-state index in [9.17, 15) is 27.6 Å². The molecule has 1 fully saturated rings. The van der Waals surface area contributed by atoms with Crippen molar-refractivity contribution in [1.82, 2.24) is 33.6 Å². The fourth-order valence-corrected chi connectivity index (χ4v) is 6.78. The minimum absolute atomic E-state index is 0.00158. The highest BCUT2D eigenvalue weighted by molar-refractivity contribution is 6.33. The molecule has 0 bridgehead atoms. The van der Waals surface area contributed by atoms with Crippen LogP contribution < -0.4 is 15.8 Å². The maximum absolute atomic E-state index is 14.2. The Morgan fingerprint density at radius 1 is 1.10 bits per heavy atom. The van der Waals surface area contributed by atoms with Crippen LogP contribution >= 0.6 is 11.6 Å². The first-order chi connectivity index (χ1) is 24.4. The number of rotatable bonds is 7. The van der Waals surface area contributed by atoms with Gasteiger partial charge in [0, 0.05) is 33.2 Å².